The van der Waals surface area contributed by atoms with E-state index in [1.54, 1.807) is 6.08 Å². The van der Waals surface area contributed by atoms with Gasteiger partial charge in [-0.1, -0.05) is 64.0 Å². The van der Waals surface area contributed by atoms with Crippen molar-refractivity contribution >= 4 is 33.9 Å². The standard InChI is InChI=1S/C24H18BrNO3/c1-16-9-11-18(12-10-16)23-26-22(24(27)29-23)14-17-5-4-7-20(13-17)28-15-19-6-2-3-8-21(19)25/h2-14H,15H2,1H3/b22-14-. The first-order valence-corrected chi connectivity index (χ1v) is 9.94. The Bertz CT molecular complexity index is 1120. The van der Waals surface area contributed by atoms with Gasteiger partial charge in [-0.3, -0.25) is 0 Å². The summed E-state index contributed by atoms with van der Waals surface area (Å²) in [6, 6.07) is 23.1. The Morgan fingerprint density at radius 3 is 2.62 bits per heavy atom. The van der Waals surface area contributed by atoms with Gasteiger partial charge in [0, 0.05) is 15.6 Å². The fourth-order valence-corrected chi connectivity index (χ4v) is 3.26. The van der Waals surface area contributed by atoms with E-state index in [1.807, 2.05) is 79.7 Å². The minimum Gasteiger partial charge on any atom is -0.489 e. The lowest BCUT2D eigenvalue weighted by molar-refractivity contribution is -0.129. The molecule has 0 saturated carbocycles. The first-order chi connectivity index (χ1) is 14.1. The minimum atomic E-state index is -0.458. The summed E-state index contributed by atoms with van der Waals surface area (Å²) in [5, 5.41) is 0. The zero-order valence-corrected chi connectivity index (χ0v) is 17.3. The van der Waals surface area contributed by atoms with Gasteiger partial charge in [0.2, 0.25) is 5.90 Å². The highest BCUT2D eigenvalue weighted by Crippen LogP contribution is 2.23. The van der Waals surface area contributed by atoms with Crippen LogP contribution in [0.1, 0.15) is 22.3 Å². The summed E-state index contributed by atoms with van der Waals surface area (Å²) in [5.41, 5.74) is 4.05. The Labute approximate surface area is 177 Å². The summed E-state index contributed by atoms with van der Waals surface area (Å²) < 4.78 is 12.2. The summed E-state index contributed by atoms with van der Waals surface area (Å²) >= 11 is 3.52. The summed E-state index contributed by atoms with van der Waals surface area (Å²) in [7, 11) is 0. The number of hydrogen-bond donors (Lipinski definition) is 0. The molecule has 1 aliphatic rings. The topological polar surface area (TPSA) is 47.9 Å². The summed E-state index contributed by atoms with van der Waals surface area (Å²) in [5.74, 6) is 0.576. The largest absolute Gasteiger partial charge is 0.489 e. The Morgan fingerprint density at radius 1 is 1.03 bits per heavy atom. The van der Waals surface area contributed by atoms with Crippen molar-refractivity contribution in [1.29, 1.82) is 0 Å². The maximum atomic E-state index is 12.2. The van der Waals surface area contributed by atoms with Crippen LogP contribution in [-0.2, 0) is 16.1 Å². The van der Waals surface area contributed by atoms with E-state index in [0.29, 0.717) is 18.3 Å². The molecule has 0 spiro atoms. The first kappa shape index (κ1) is 19.2. The maximum Gasteiger partial charge on any atom is 0.363 e. The molecule has 0 fully saturated rings. The van der Waals surface area contributed by atoms with Gasteiger partial charge in [-0.2, -0.15) is 0 Å². The van der Waals surface area contributed by atoms with Crippen molar-refractivity contribution in [3.63, 3.8) is 0 Å². The number of hydrogen-bond acceptors (Lipinski definition) is 4. The van der Waals surface area contributed by atoms with Crippen LogP contribution in [0.3, 0.4) is 0 Å². The van der Waals surface area contributed by atoms with Crippen molar-refractivity contribution < 1.29 is 14.3 Å². The van der Waals surface area contributed by atoms with Crippen LogP contribution in [0.2, 0.25) is 0 Å². The Morgan fingerprint density at radius 2 is 1.83 bits per heavy atom. The molecule has 0 radical (unpaired) electrons. The average molecular weight is 448 g/mol. The molecule has 1 aliphatic heterocycles. The Balaban J connectivity index is 1.52. The highest BCUT2D eigenvalue weighted by Gasteiger charge is 2.24. The molecule has 0 amide bonds. The van der Waals surface area contributed by atoms with Crippen molar-refractivity contribution in [1.82, 2.24) is 0 Å². The SMILES string of the molecule is Cc1ccc(C2=N/C(=C\c3cccc(OCc4ccccc4Br)c3)C(=O)O2)cc1. The number of halogens is 1. The number of nitrogens with zero attached hydrogens (tertiary/aromatic N) is 1. The van der Waals surface area contributed by atoms with Gasteiger partial charge in [0.25, 0.3) is 0 Å². The number of benzene rings is 3. The minimum absolute atomic E-state index is 0.267. The fourth-order valence-electron chi connectivity index (χ4n) is 2.86. The van der Waals surface area contributed by atoms with Crippen LogP contribution in [0.4, 0.5) is 0 Å². The van der Waals surface area contributed by atoms with E-state index in [2.05, 4.69) is 20.9 Å². The van der Waals surface area contributed by atoms with E-state index < -0.39 is 5.97 Å². The monoisotopic (exact) mass is 447 g/mol. The van der Waals surface area contributed by atoms with E-state index in [9.17, 15) is 4.79 Å². The van der Waals surface area contributed by atoms with Gasteiger partial charge in [0.15, 0.2) is 5.70 Å². The lowest BCUT2D eigenvalue weighted by atomic mass is 10.1. The normalized spacial score (nSPS) is 14.6. The molecule has 144 valence electrons. The molecule has 1 heterocycles. The number of cyclic esters (lactones) is 1. The van der Waals surface area contributed by atoms with Gasteiger partial charge < -0.3 is 9.47 Å². The number of ether oxygens (including phenoxy) is 2. The van der Waals surface area contributed by atoms with Crippen LogP contribution in [0, 0.1) is 6.92 Å². The van der Waals surface area contributed by atoms with E-state index in [4.69, 9.17) is 9.47 Å². The van der Waals surface area contributed by atoms with Gasteiger partial charge in [-0.05, 0) is 48.9 Å². The van der Waals surface area contributed by atoms with Gasteiger partial charge in [0.1, 0.15) is 12.4 Å². The summed E-state index contributed by atoms with van der Waals surface area (Å²) in [6.45, 7) is 2.45. The van der Waals surface area contributed by atoms with Crippen molar-refractivity contribution in [2.75, 3.05) is 0 Å². The van der Waals surface area contributed by atoms with Crippen LogP contribution in [0.15, 0.2) is 88.0 Å². The molecule has 5 heteroatoms. The average Bonchev–Trinajstić information content (AvgIpc) is 3.08. The quantitative estimate of drug-likeness (QED) is 0.373. The highest BCUT2D eigenvalue weighted by molar-refractivity contribution is 9.10. The molecule has 0 unspecified atom stereocenters. The van der Waals surface area contributed by atoms with Gasteiger partial charge >= 0.3 is 5.97 Å². The molecule has 3 aromatic carbocycles. The van der Waals surface area contributed by atoms with E-state index in [1.165, 1.54) is 0 Å². The number of carbonyl (C=O) groups is 1. The Hall–Kier alpha value is -3.18. The second-order valence-electron chi connectivity index (χ2n) is 6.65. The smallest absolute Gasteiger partial charge is 0.363 e. The van der Waals surface area contributed by atoms with E-state index >= 15 is 0 Å². The van der Waals surface area contributed by atoms with Crippen LogP contribution in [0.25, 0.3) is 6.08 Å². The molecule has 4 nitrogen and oxygen atoms in total. The van der Waals surface area contributed by atoms with E-state index in [-0.39, 0.29) is 5.70 Å². The van der Waals surface area contributed by atoms with Crippen LogP contribution >= 0.6 is 15.9 Å². The lowest BCUT2D eigenvalue weighted by Crippen LogP contribution is -2.05. The van der Waals surface area contributed by atoms with Crippen LogP contribution < -0.4 is 4.74 Å². The molecule has 0 saturated heterocycles. The predicted molar refractivity (Wildman–Crippen MR) is 117 cm³/mol. The number of aryl methyl sites for hydroxylation is 1. The summed E-state index contributed by atoms with van der Waals surface area (Å²) in [6.07, 6.45) is 1.70. The number of aliphatic imine (C=N–C) groups is 1. The molecule has 3 aromatic rings. The second kappa shape index (κ2) is 8.45. The number of esters is 1. The zero-order valence-electron chi connectivity index (χ0n) is 15.8. The number of carbonyl (C=O) groups excluding carboxylic acids is 1. The molecule has 0 aromatic heterocycles. The van der Waals surface area contributed by atoms with Crippen LogP contribution in [0.5, 0.6) is 5.75 Å². The third kappa shape index (κ3) is 4.63. The van der Waals surface area contributed by atoms with Crippen molar-refractivity contribution in [3.8, 4) is 5.75 Å². The maximum absolute atomic E-state index is 12.2. The Kier molecular flexibility index (Phi) is 5.58. The van der Waals surface area contributed by atoms with Gasteiger partial charge in [-0.25, -0.2) is 9.79 Å². The fraction of sp³-hybridized carbons (Fsp3) is 0.0833. The highest BCUT2D eigenvalue weighted by atomic mass is 79.9. The molecule has 0 N–H and O–H groups in total. The molecule has 0 bridgehead atoms. The lowest BCUT2D eigenvalue weighted by Gasteiger charge is -2.08. The molecule has 0 atom stereocenters. The van der Waals surface area contributed by atoms with Gasteiger partial charge in [-0.15, -0.1) is 0 Å². The molecular weight excluding hydrogens is 430 g/mol. The molecule has 29 heavy (non-hydrogen) atoms. The van der Waals surface area contributed by atoms with Crippen molar-refractivity contribution in [2.45, 2.75) is 13.5 Å². The van der Waals surface area contributed by atoms with Crippen molar-refractivity contribution in [3.05, 3.63) is 105 Å². The first-order valence-electron chi connectivity index (χ1n) is 9.14. The number of rotatable bonds is 5. The predicted octanol–water partition coefficient (Wildman–Crippen LogP) is 5.68. The molecule has 0 aliphatic carbocycles. The molecular formula is C24H18BrNO3. The zero-order chi connectivity index (χ0) is 20.2. The van der Waals surface area contributed by atoms with E-state index in [0.717, 1.165) is 26.7 Å². The van der Waals surface area contributed by atoms with Crippen molar-refractivity contribution in [2.24, 2.45) is 4.99 Å². The van der Waals surface area contributed by atoms with Gasteiger partial charge in [0.05, 0.1) is 0 Å². The molecule has 4 rings (SSSR count). The summed E-state index contributed by atoms with van der Waals surface area (Å²) in [4.78, 5) is 16.6. The second-order valence-corrected chi connectivity index (χ2v) is 7.51. The third-order valence-electron chi connectivity index (χ3n) is 4.43. The van der Waals surface area contributed by atoms with Crippen LogP contribution in [-0.4, -0.2) is 11.9 Å². The third-order valence-corrected chi connectivity index (χ3v) is 5.21.